The van der Waals surface area contributed by atoms with Crippen molar-refractivity contribution in [3.63, 3.8) is 0 Å². The Kier molecular flexibility index (Phi) is 1.11. The van der Waals surface area contributed by atoms with Crippen molar-refractivity contribution < 1.29 is 4.48 Å². The minimum Gasteiger partial charge on any atom is -0.307 e. The molecule has 4 aliphatic carbocycles. The molecular formula is C16H23N2+. The van der Waals surface area contributed by atoms with Crippen molar-refractivity contribution >= 4 is 0 Å². The SMILES string of the molecule is C[N+]12CN3C4C5CCCC5C1C1C5CC(C14)C3C52. The molecule has 0 aromatic heterocycles. The van der Waals surface area contributed by atoms with Crippen LogP contribution in [0.4, 0.5) is 0 Å². The van der Waals surface area contributed by atoms with Crippen molar-refractivity contribution in [1.82, 2.24) is 4.90 Å². The van der Waals surface area contributed by atoms with Gasteiger partial charge in [0.15, 0.2) is 0 Å². The number of likely N-dealkylation sites (N-methyl/N-ethyl adjacent to an activating group) is 1. The highest BCUT2D eigenvalue weighted by atomic mass is 15.6. The maximum absolute atomic E-state index is 3.08. The number of hydrogen-bond donors (Lipinski definition) is 0. The number of quaternary nitrogens is 1. The molecule has 11 atom stereocenters. The summed E-state index contributed by atoms with van der Waals surface area (Å²) in [4.78, 5) is 3.08. The molecule has 3 saturated heterocycles. The van der Waals surface area contributed by atoms with E-state index in [1.54, 1.807) is 25.7 Å². The predicted octanol–water partition coefficient (Wildman–Crippen LogP) is 1.52. The van der Waals surface area contributed by atoms with Crippen molar-refractivity contribution in [2.75, 3.05) is 13.7 Å². The lowest BCUT2D eigenvalue weighted by Crippen LogP contribution is -2.57. The molecule has 7 fully saturated rings. The van der Waals surface area contributed by atoms with E-state index in [0.717, 1.165) is 47.8 Å². The molecule has 7 aliphatic rings. The highest BCUT2D eigenvalue weighted by molar-refractivity contribution is 5.29. The van der Waals surface area contributed by atoms with Crippen molar-refractivity contribution in [2.24, 2.45) is 35.5 Å². The quantitative estimate of drug-likeness (QED) is 0.583. The van der Waals surface area contributed by atoms with Gasteiger partial charge in [-0.05, 0) is 37.0 Å². The summed E-state index contributed by atoms with van der Waals surface area (Å²) in [6.07, 6.45) is 6.37. The summed E-state index contributed by atoms with van der Waals surface area (Å²) < 4.78 is 1.52. The van der Waals surface area contributed by atoms with Gasteiger partial charge in [-0.15, -0.1) is 0 Å². The van der Waals surface area contributed by atoms with Gasteiger partial charge in [0.2, 0.25) is 0 Å². The zero-order valence-corrected chi connectivity index (χ0v) is 11.2. The Labute approximate surface area is 109 Å². The van der Waals surface area contributed by atoms with Crippen LogP contribution in [-0.2, 0) is 0 Å². The maximum atomic E-state index is 3.08. The van der Waals surface area contributed by atoms with Gasteiger partial charge in [-0.2, -0.15) is 0 Å². The molecule has 2 heteroatoms. The van der Waals surface area contributed by atoms with E-state index in [-0.39, 0.29) is 0 Å². The maximum Gasteiger partial charge on any atom is 0.136 e. The number of nitrogens with zero attached hydrogens (tertiary/aromatic N) is 2. The van der Waals surface area contributed by atoms with Crippen molar-refractivity contribution in [3.05, 3.63) is 0 Å². The summed E-state index contributed by atoms with van der Waals surface area (Å²) in [5, 5.41) is 0. The standard InChI is InChI=1S/C16H23N2/c1-18-6-17-13-7-3-2-4-8(7)15(18)12-10-5-9(11(12)13)14(17)16(10)18/h7-16H,2-6H2,1H3/q+1. The molecule has 2 bridgehead atoms. The van der Waals surface area contributed by atoms with Crippen LogP contribution in [0.5, 0.6) is 0 Å². The third kappa shape index (κ3) is 0.569. The first-order valence-electron chi connectivity index (χ1n) is 8.41. The van der Waals surface area contributed by atoms with Crippen molar-refractivity contribution in [3.8, 4) is 0 Å². The molecule has 3 heterocycles. The molecule has 11 unspecified atom stereocenters. The first-order chi connectivity index (χ1) is 8.81. The summed E-state index contributed by atoms with van der Waals surface area (Å²) in [5.41, 5.74) is 0. The molecule has 0 amide bonds. The minimum absolute atomic E-state index is 1.05. The lowest BCUT2D eigenvalue weighted by Gasteiger charge is -2.45. The van der Waals surface area contributed by atoms with E-state index < -0.39 is 0 Å². The fourth-order valence-electron chi connectivity index (χ4n) is 9.49. The van der Waals surface area contributed by atoms with Crippen LogP contribution < -0.4 is 0 Å². The van der Waals surface area contributed by atoms with Gasteiger partial charge in [-0.3, -0.25) is 0 Å². The summed E-state index contributed by atoms with van der Waals surface area (Å²) in [7, 11) is 2.67. The summed E-state index contributed by atoms with van der Waals surface area (Å²) >= 11 is 0. The van der Waals surface area contributed by atoms with E-state index >= 15 is 0 Å². The third-order valence-corrected chi connectivity index (χ3v) is 9.09. The molecule has 0 aromatic carbocycles. The molecule has 18 heavy (non-hydrogen) atoms. The Bertz CT molecular complexity index is 489. The van der Waals surface area contributed by atoms with E-state index in [2.05, 4.69) is 11.9 Å². The van der Waals surface area contributed by atoms with Crippen LogP contribution in [0.25, 0.3) is 0 Å². The zero-order valence-electron chi connectivity index (χ0n) is 11.2. The largest absolute Gasteiger partial charge is 0.307 e. The first kappa shape index (κ1) is 8.97. The summed E-state index contributed by atoms with van der Waals surface area (Å²) in [6.45, 7) is 1.46. The van der Waals surface area contributed by atoms with Crippen molar-refractivity contribution in [2.45, 2.75) is 49.9 Å². The lowest BCUT2D eigenvalue weighted by molar-refractivity contribution is -0.940. The fraction of sp³-hybridized carbons (Fsp3) is 1.00. The Morgan fingerprint density at radius 3 is 2.72 bits per heavy atom. The predicted molar refractivity (Wildman–Crippen MR) is 67.5 cm³/mol. The minimum atomic E-state index is 1.05. The van der Waals surface area contributed by atoms with Gasteiger partial charge in [-0.1, -0.05) is 6.42 Å². The highest BCUT2D eigenvalue weighted by Gasteiger charge is 2.87. The topological polar surface area (TPSA) is 3.24 Å². The van der Waals surface area contributed by atoms with Gasteiger partial charge >= 0.3 is 0 Å². The van der Waals surface area contributed by atoms with Gasteiger partial charge in [0.1, 0.15) is 12.7 Å². The molecule has 7 rings (SSSR count). The number of fused-ring (bicyclic) bond motifs is 5. The Hall–Kier alpha value is -0.0800. The fourth-order valence-corrected chi connectivity index (χ4v) is 9.49. The summed E-state index contributed by atoms with van der Waals surface area (Å²) in [6, 6.07) is 4.31. The lowest BCUT2D eigenvalue weighted by atomic mass is 9.63. The second-order valence-corrected chi connectivity index (χ2v) is 8.94. The second kappa shape index (κ2) is 2.22. The average Bonchev–Trinajstić information content (AvgIpc) is 3.04. The zero-order chi connectivity index (χ0) is 11.4. The third-order valence-electron chi connectivity index (χ3n) is 9.09. The van der Waals surface area contributed by atoms with Crippen molar-refractivity contribution in [1.29, 1.82) is 0 Å². The molecule has 0 aromatic rings. The Morgan fingerprint density at radius 2 is 1.78 bits per heavy atom. The van der Waals surface area contributed by atoms with Crippen LogP contribution in [0, 0.1) is 35.5 Å². The van der Waals surface area contributed by atoms with E-state index in [9.17, 15) is 0 Å². The monoisotopic (exact) mass is 243 g/mol. The van der Waals surface area contributed by atoms with Gasteiger partial charge in [-0.25, -0.2) is 4.90 Å². The van der Waals surface area contributed by atoms with Crippen LogP contribution in [0.1, 0.15) is 25.7 Å². The van der Waals surface area contributed by atoms with Gasteiger partial charge < -0.3 is 4.48 Å². The van der Waals surface area contributed by atoms with E-state index in [1.807, 2.05) is 0 Å². The van der Waals surface area contributed by atoms with E-state index in [0.29, 0.717) is 0 Å². The van der Waals surface area contributed by atoms with Crippen LogP contribution >= 0.6 is 0 Å². The van der Waals surface area contributed by atoms with Gasteiger partial charge in [0.25, 0.3) is 0 Å². The first-order valence-corrected chi connectivity index (χ1v) is 8.41. The second-order valence-electron chi connectivity index (χ2n) is 8.94. The molecule has 96 valence electrons. The normalized spacial score (nSPS) is 80.5. The van der Waals surface area contributed by atoms with E-state index in [1.165, 1.54) is 23.0 Å². The van der Waals surface area contributed by atoms with Gasteiger partial charge in [0.05, 0.1) is 19.1 Å². The van der Waals surface area contributed by atoms with Crippen LogP contribution in [0.2, 0.25) is 0 Å². The average molecular weight is 243 g/mol. The molecule has 0 spiro atoms. The number of rotatable bonds is 0. The Morgan fingerprint density at radius 1 is 0.889 bits per heavy atom. The van der Waals surface area contributed by atoms with E-state index in [4.69, 9.17) is 0 Å². The molecular weight excluding hydrogens is 220 g/mol. The molecule has 0 N–H and O–H groups in total. The summed E-state index contributed by atoms with van der Waals surface area (Å²) in [5.74, 6) is 6.93. The molecule has 0 radical (unpaired) electrons. The van der Waals surface area contributed by atoms with Crippen LogP contribution in [0.15, 0.2) is 0 Å². The smallest absolute Gasteiger partial charge is 0.136 e. The Balaban J connectivity index is 1.60. The van der Waals surface area contributed by atoms with Crippen LogP contribution in [-0.4, -0.2) is 47.3 Å². The highest BCUT2D eigenvalue weighted by Crippen LogP contribution is 2.77. The van der Waals surface area contributed by atoms with Gasteiger partial charge in [0, 0.05) is 23.8 Å². The molecule has 4 saturated carbocycles. The molecule has 2 nitrogen and oxygen atoms in total. The van der Waals surface area contributed by atoms with Crippen LogP contribution in [0.3, 0.4) is 0 Å². The number of hydrogen-bond acceptors (Lipinski definition) is 1. The molecule has 3 aliphatic heterocycles.